The molecule has 1 fully saturated rings. The summed E-state index contributed by atoms with van der Waals surface area (Å²) in [5, 5.41) is 0.668. The predicted octanol–water partition coefficient (Wildman–Crippen LogP) is 5.13. The first kappa shape index (κ1) is 21.9. The van der Waals surface area contributed by atoms with E-state index in [1.54, 1.807) is 12.0 Å². The molecule has 0 aliphatic carbocycles. The van der Waals surface area contributed by atoms with Crippen LogP contribution in [-0.2, 0) is 9.53 Å². The molecule has 1 aromatic heterocycles. The predicted molar refractivity (Wildman–Crippen MR) is 130 cm³/mol. The number of nitrogens with zero attached hydrogens (tertiary/aromatic N) is 3. The van der Waals surface area contributed by atoms with Crippen LogP contribution in [0, 0.1) is 0 Å². The Labute approximate surface area is 192 Å². The zero-order chi connectivity index (χ0) is 22.3. The number of thioether (sulfide) groups is 1. The van der Waals surface area contributed by atoms with Gasteiger partial charge in [-0.25, -0.2) is 4.99 Å². The van der Waals surface area contributed by atoms with Gasteiger partial charge in [-0.2, -0.15) is 0 Å². The number of hydrogen-bond acceptors (Lipinski definition) is 5. The van der Waals surface area contributed by atoms with Crippen LogP contribution in [0.2, 0.25) is 0 Å². The van der Waals surface area contributed by atoms with Crippen LogP contribution in [0.25, 0.3) is 11.8 Å². The minimum atomic E-state index is -0.0541. The lowest BCUT2D eigenvalue weighted by molar-refractivity contribution is -0.122. The molecule has 0 N–H and O–H groups in total. The molecule has 0 atom stereocenters. The van der Waals surface area contributed by atoms with Crippen molar-refractivity contribution in [2.24, 2.45) is 4.99 Å². The highest BCUT2D eigenvalue weighted by Gasteiger charge is 2.33. The largest absolute Gasteiger partial charge is 0.497 e. The molecule has 7 heteroatoms. The van der Waals surface area contributed by atoms with Gasteiger partial charge in [0.1, 0.15) is 5.75 Å². The Morgan fingerprint density at radius 1 is 1.06 bits per heavy atom. The Morgan fingerprint density at radius 3 is 2.56 bits per heavy atom. The van der Waals surface area contributed by atoms with Crippen molar-refractivity contribution in [1.82, 2.24) is 9.47 Å². The van der Waals surface area contributed by atoms with E-state index in [0.717, 1.165) is 22.7 Å². The number of carbonyl (C=O) groups is 1. The lowest BCUT2D eigenvalue weighted by Crippen LogP contribution is -2.32. The Balaban J connectivity index is 1.58. The van der Waals surface area contributed by atoms with Gasteiger partial charge in [0.2, 0.25) is 0 Å². The molecule has 2 heterocycles. The molecule has 0 spiro atoms. The van der Waals surface area contributed by atoms with Crippen molar-refractivity contribution in [3.63, 3.8) is 0 Å². The number of rotatable bonds is 8. The third-order valence-electron chi connectivity index (χ3n) is 4.92. The second kappa shape index (κ2) is 10.3. The average Bonchev–Trinajstić information content (AvgIpc) is 3.40. The van der Waals surface area contributed by atoms with Crippen LogP contribution in [0.3, 0.4) is 0 Å². The second-order valence-electron chi connectivity index (χ2n) is 7.04. The molecule has 0 radical (unpaired) electrons. The van der Waals surface area contributed by atoms with Gasteiger partial charge in [0, 0.05) is 24.7 Å². The topological polar surface area (TPSA) is 56.1 Å². The summed E-state index contributed by atoms with van der Waals surface area (Å²) in [5.74, 6) is 0.759. The van der Waals surface area contributed by atoms with Crippen molar-refractivity contribution >= 4 is 34.6 Å². The third kappa shape index (κ3) is 5.12. The fourth-order valence-corrected chi connectivity index (χ4v) is 4.29. The van der Waals surface area contributed by atoms with E-state index in [1.807, 2.05) is 90.6 Å². The van der Waals surface area contributed by atoms with Gasteiger partial charge in [-0.15, -0.1) is 0 Å². The van der Waals surface area contributed by atoms with Crippen LogP contribution in [-0.4, -0.2) is 47.4 Å². The van der Waals surface area contributed by atoms with Gasteiger partial charge in [0.05, 0.1) is 30.9 Å². The van der Waals surface area contributed by atoms with Crippen molar-refractivity contribution in [3.05, 3.63) is 83.5 Å². The number of carbonyl (C=O) groups excluding carboxylic acids is 1. The molecule has 6 nitrogen and oxygen atoms in total. The first-order valence-electron chi connectivity index (χ1n) is 10.4. The van der Waals surface area contributed by atoms with Crippen LogP contribution >= 0.6 is 11.8 Å². The summed E-state index contributed by atoms with van der Waals surface area (Å²) in [7, 11) is 1.65. The summed E-state index contributed by atoms with van der Waals surface area (Å²) in [4.78, 5) is 20.2. The molecule has 0 saturated carbocycles. The van der Waals surface area contributed by atoms with E-state index in [4.69, 9.17) is 14.5 Å². The Hall–Kier alpha value is -3.29. The molecule has 32 heavy (non-hydrogen) atoms. The molecule has 3 aromatic rings. The van der Waals surface area contributed by atoms with Crippen LogP contribution in [0.1, 0.15) is 12.5 Å². The fraction of sp³-hybridized carbons (Fsp3) is 0.200. The maximum absolute atomic E-state index is 13.1. The Morgan fingerprint density at radius 2 is 1.84 bits per heavy atom. The van der Waals surface area contributed by atoms with E-state index in [0.29, 0.717) is 29.8 Å². The summed E-state index contributed by atoms with van der Waals surface area (Å²) < 4.78 is 12.7. The van der Waals surface area contributed by atoms with Gasteiger partial charge in [-0.1, -0.05) is 18.2 Å². The van der Waals surface area contributed by atoms with Gasteiger partial charge in [-0.3, -0.25) is 9.69 Å². The third-order valence-corrected chi connectivity index (χ3v) is 5.92. The molecule has 1 amide bonds. The molecule has 2 aromatic carbocycles. The molecular formula is C25H25N3O3S. The van der Waals surface area contributed by atoms with Gasteiger partial charge >= 0.3 is 0 Å². The number of amides is 1. The first-order valence-corrected chi connectivity index (χ1v) is 11.2. The van der Waals surface area contributed by atoms with Gasteiger partial charge in [0.25, 0.3) is 5.91 Å². The van der Waals surface area contributed by atoms with E-state index < -0.39 is 0 Å². The minimum absolute atomic E-state index is 0.0541. The summed E-state index contributed by atoms with van der Waals surface area (Å²) >= 11 is 1.39. The van der Waals surface area contributed by atoms with Crippen molar-refractivity contribution in [2.45, 2.75) is 6.92 Å². The molecule has 4 rings (SSSR count). The first-order chi connectivity index (χ1) is 15.7. The number of aliphatic imine (C=N–C) groups is 1. The normalized spacial score (nSPS) is 16.3. The summed E-state index contributed by atoms with van der Waals surface area (Å²) in [6, 6.07) is 19.5. The van der Waals surface area contributed by atoms with E-state index in [9.17, 15) is 4.79 Å². The number of hydrogen-bond donors (Lipinski definition) is 0. The lowest BCUT2D eigenvalue weighted by atomic mass is 10.3. The summed E-state index contributed by atoms with van der Waals surface area (Å²) in [5.41, 5.74) is 2.78. The second-order valence-corrected chi connectivity index (χ2v) is 8.05. The monoisotopic (exact) mass is 447 g/mol. The Kier molecular flexibility index (Phi) is 7.09. The number of ether oxygens (including phenoxy) is 2. The van der Waals surface area contributed by atoms with Crippen LogP contribution in [0.15, 0.2) is 83.0 Å². The smallest absolute Gasteiger partial charge is 0.266 e. The number of aromatic nitrogens is 1. The average molecular weight is 448 g/mol. The highest BCUT2D eigenvalue weighted by molar-refractivity contribution is 8.18. The quantitative estimate of drug-likeness (QED) is 0.355. The highest BCUT2D eigenvalue weighted by Crippen LogP contribution is 2.34. The van der Waals surface area contributed by atoms with Crippen molar-refractivity contribution in [2.75, 3.05) is 26.9 Å². The van der Waals surface area contributed by atoms with Gasteiger partial charge < -0.3 is 14.0 Å². The molecule has 1 aliphatic rings. The van der Waals surface area contributed by atoms with E-state index >= 15 is 0 Å². The van der Waals surface area contributed by atoms with E-state index in [1.165, 1.54) is 11.8 Å². The van der Waals surface area contributed by atoms with E-state index in [-0.39, 0.29) is 5.91 Å². The molecule has 164 valence electrons. The number of amidine groups is 1. The molecule has 0 unspecified atom stereocenters. The maximum Gasteiger partial charge on any atom is 0.266 e. The molecule has 1 saturated heterocycles. The lowest BCUT2D eigenvalue weighted by Gasteiger charge is -2.15. The van der Waals surface area contributed by atoms with Gasteiger partial charge in [0.15, 0.2) is 5.17 Å². The standard InChI is InChI=1S/C25H25N3O3S/c1-3-31-16-15-28-24(29)23(32-25(28)26-20-7-5-4-6-8-20)17-19-13-14-27(18-19)21-9-11-22(30-2)12-10-21/h4-14,17-18H,3,15-16H2,1-2H3/b23-17+,26-25?. The summed E-state index contributed by atoms with van der Waals surface area (Å²) in [6.07, 6.45) is 5.89. The summed E-state index contributed by atoms with van der Waals surface area (Å²) in [6.45, 7) is 3.49. The van der Waals surface area contributed by atoms with Crippen molar-refractivity contribution < 1.29 is 14.3 Å². The SMILES string of the molecule is CCOCCN1C(=O)/C(=C\c2ccn(-c3ccc(OC)cc3)c2)SC1=Nc1ccccc1. The van der Waals surface area contributed by atoms with Gasteiger partial charge in [-0.05, 0) is 72.8 Å². The van der Waals surface area contributed by atoms with Crippen LogP contribution < -0.4 is 4.74 Å². The number of methoxy groups -OCH3 is 1. The highest BCUT2D eigenvalue weighted by atomic mass is 32.2. The molecular weight excluding hydrogens is 422 g/mol. The van der Waals surface area contributed by atoms with E-state index in [2.05, 4.69) is 0 Å². The van der Waals surface area contributed by atoms with Crippen LogP contribution in [0.4, 0.5) is 5.69 Å². The van der Waals surface area contributed by atoms with Crippen molar-refractivity contribution in [3.8, 4) is 11.4 Å². The zero-order valence-corrected chi connectivity index (χ0v) is 18.9. The number of benzene rings is 2. The fourth-order valence-electron chi connectivity index (χ4n) is 3.27. The number of para-hydroxylation sites is 1. The molecule has 1 aliphatic heterocycles. The maximum atomic E-state index is 13.1. The Bertz CT molecular complexity index is 1120. The zero-order valence-electron chi connectivity index (χ0n) is 18.1. The van der Waals surface area contributed by atoms with Crippen LogP contribution in [0.5, 0.6) is 5.75 Å². The molecule has 0 bridgehead atoms. The minimum Gasteiger partial charge on any atom is -0.497 e. The van der Waals surface area contributed by atoms with Crippen molar-refractivity contribution in [1.29, 1.82) is 0 Å².